The molecule has 19 heavy (non-hydrogen) atoms. The zero-order chi connectivity index (χ0) is 14.2. The smallest absolute Gasteiger partial charge is 0.353 e. The number of aryl methyl sites for hydroxylation is 1. The van der Waals surface area contributed by atoms with Crippen molar-refractivity contribution in [3.05, 3.63) is 34.0 Å². The predicted octanol–water partition coefficient (Wildman–Crippen LogP) is 3.05. The third kappa shape index (κ3) is 2.29. The number of rotatable bonds is 3. The number of H-pyrrole nitrogens is 1. The number of benzene rings is 1. The summed E-state index contributed by atoms with van der Waals surface area (Å²) in [7, 11) is 1.55. The van der Waals surface area contributed by atoms with Crippen molar-refractivity contribution < 1.29 is 14.6 Å². The van der Waals surface area contributed by atoms with E-state index in [1.807, 2.05) is 13.8 Å². The fourth-order valence-electron chi connectivity index (χ4n) is 2.02. The minimum atomic E-state index is -1.05. The second-order valence-electron chi connectivity index (χ2n) is 4.18. The minimum absolute atomic E-state index is 0.0424. The lowest BCUT2D eigenvalue weighted by atomic mass is 9.99. The van der Waals surface area contributed by atoms with Gasteiger partial charge in [-0.3, -0.25) is 5.10 Å². The van der Waals surface area contributed by atoms with Crippen LogP contribution in [-0.2, 0) is 0 Å². The molecule has 0 saturated heterocycles. The molecule has 0 bridgehead atoms. The van der Waals surface area contributed by atoms with Crippen LogP contribution in [0.3, 0.4) is 0 Å². The van der Waals surface area contributed by atoms with E-state index in [-0.39, 0.29) is 5.69 Å². The Morgan fingerprint density at radius 2 is 2.11 bits per heavy atom. The summed E-state index contributed by atoms with van der Waals surface area (Å²) in [5.74, 6) is -0.455. The lowest BCUT2D eigenvalue weighted by Crippen LogP contribution is -1.95. The molecule has 0 atom stereocenters. The minimum Gasteiger partial charge on any atom is -0.495 e. The topological polar surface area (TPSA) is 75.2 Å². The average molecular weight is 281 g/mol. The van der Waals surface area contributed by atoms with Gasteiger partial charge in [0.1, 0.15) is 11.4 Å². The predicted molar refractivity (Wildman–Crippen MR) is 72.0 cm³/mol. The van der Waals surface area contributed by atoms with Crippen molar-refractivity contribution in [1.82, 2.24) is 10.2 Å². The molecule has 1 heterocycles. The molecule has 0 spiro atoms. The number of aromatic amines is 1. The largest absolute Gasteiger partial charge is 0.495 e. The van der Waals surface area contributed by atoms with E-state index in [0.29, 0.717) is 16.5 Å². The summed E-state index contributed by atoms with van der Waals surface area (Å²) >= 11 is 6.21. The zero-order valence-electron chi connectivity index (χ0n) is 10.7. The van der Waals surface area contributed by atoms with Gasteiger partial charge >= 0.3 is 5.97 Å². The van der Waals surface area contributed by atoms with E-state index in [1.165, 1.54) is 6.07 Å². The summed E-state index contributed by atoms with van der Waals surface area (Å²) < 4.78 is 5.19. The highest BCUT2D eigenvalue weighted by molar-refractivity contribution is 6.33. The number of hydrogen-bond donors (Lipinski definition) is 2. The summed E-state index contributed by atoms with van der Waals surface area (Å²) in [6.07, 6.45) is 0. The third-order valence-corrected chi connectivity index (χ3v) is 3.42. The Morgan fingerprint density at radius 3 is 2.63 bits per heavy atom. The van der Waals surface area contributed by atoms with Crippen LogP contribution in [0.1, 0.15) is 21.6 Å². The van der Waals surface area contributed by atoms with Crippen LogP contribution in [0.2, 0.25) is 5.02 Å². The Kier molecular flexibility index (Phi) is 3.48. The van der Waals surface area contributed by atoms with E-state index in [2.05, 4.69) is 10.2 Å². The van der Waals surface area contributed by atoms with Crippen LogP contribution in [0, 0.1) is 13.8 Å². The number of methoxy groups -OCH3 is 1. The molecule has 0 aliphatic heterocycles. The molecule has 0 fully saturated rings. The molecule has 0 radical (unpaired) electrons. The second kappa shape index (κ2) is 4.93. The van der Waals surface area contributed by atoms with Gasteiger partial charge < -0.3 is 9.84 Å². The quantitative estimate of drug-likeness (QED) is 0.906. The van der Waals surface area contributed by atoms with Crippen LogP contribution >= 0.6 is 11.6 Å². The molecule has 0 amide bonds. The number of carbonyl (C=O) groups is 1. The van der Waals surface area contributed by atoms with Gasteiger partial charge in [-0.1, -0.05) is 11.6 Å². The Bertz CT molecular complexity index is 650. The lowest BCUT2D eigenvalue weighted by molar-refractivity contribution is 0.0690. The number of nitrogens with one attached hydrogen (secondary N) is 1. The van der Waals surface area contributed by atoms with Gasteiger partial charge in [-0.15, -0.1) is 0 Å². The highest BCUT2D eigenvalue weighted by Gasteiger charge is 2.17. The van der Waals surface area contributed by atoms with E-state index >= 15 is 0 Å². The van der Waals surface area contributed by atoms with Crippen LogP contribution in [0.25, 0.3) is 11.3 Å². The Balaban J connectivity index is 2.61. The number of hydrogen-bond acceptors (Lipinski definition) is 3. The molecular formula is C13H13ClN2O3. The van der Waals surface area contributed by atoms with Gasteiger partial charge in [-0.25, -0.2) is 4.79 Å². The number of halogens is 1. The third-order valence-electron chi connectivity index (χ3n) is 2.95. The molecule has 2 N–H and O–H groups in total. The molecule has 2 rings (SSSR count). The van der Waals surface area contributed by atoms with Crippen LogP contribution in [0.4, 0.5) is 0 Å². The number of ether oxygens (including phenoxy) is 1. The molecule has 0 saturated carbocycles. The van der Waals surface area contributed by atoms with Crippen LogP contribution in [0.5, 0.6) is 5.75 Å². The molecule has 5 nitrogen and oxygen atoms in total. The highest BCUT2D eigenvalue weighted by Crippen LogP contribution is 2.37. The molecule has 1 aromatic heterocycles. The Labute approximate surface area is 115 Å². The number of carboxylic acids is 1. The van der Waals surface area contributed by atoms with Crippen molar-refractivity contribution in [3.63, 3.8) is 0 Å². The molecule has 0 unspecified atom stereocenters. The Hall–Kier alpha value is -2.01. The van der Waals surface area contributed by atoms with Gasteiger partial charge in [0, 0.05) is 5.56 Å². The molecule has 6 heteroatoms. The molecule has 100 valence electrons. The van der Waals surface area contributed by atoms with E-state index in [4.69, 9.17) is 21.4 Å². The fourth-order valence-corrected chi connectivity index (χ4v) is 2.25. The summed E-state index contributed by atoms with van der Waals surface area (Å²) in [6, 6.07) is 3.29. The standard InChI is InChI=1S/C13H13ClN2O3/c1-6-4-10(19-3)12(14)7(2)11(6)8-5-9(13(17)18)16-15-8/h4-5H,1-3H3,(H,15,16)(H,17,18). The average Bonchev–Trinajstić information content (AvgIpc) is 2.83. The first-order chi connectivity index (χ1) is 8.95. The highest BCUT2D eigenvalue weighted by atomic mass is 35.5. The zero-order valence-corrected chi connectivity index (χ0v) is 11.5. The van der Waals surface area contributed by atoms with Crippen LogP contribution in [0.15, 0.2) is 12.1 Å². The molecule has 1 aromatic carbocycles. The maximum atomic E-state index is 10.9. The number of aromatic nitrogens is 2. The first-order valence-corrected chi connectivity index (χ1v) is 5.96. The van der Waals surface area contributed by atoms with Crippen molar-refractivity contribution in [2.75, 3.05) is 7.11 Å². The number of aromatic carboxylic acids is 1. The monoisotopic (exact) mass is 280 g/mol. The summed E-state index contributed by atoms with van der Waals surface area (Å²) in [4.78, 5) is 10.9. The normalized spacial score (nSPS) is 10.5. The van der Waals surface area contributed by atoms with Gasteiger partial charge in [0.25, 0.3) is 0 Å². The van der Waals surface area contributed by atoms with E-state index in [9.17, 15) is 4.79 Å². The van der Waals surface area contributed by atoms with Crippen molar-refractivity contribution >= 4 is 17.6 Å². The molecular weight excluding hydrogens is 268 g/mol. The summed E-state index contributed by atoms with van der Waals surface area (Å²) in [5, 5.41) is 15.9. The van der Waals surface area contributed by atoms with Gasteiger partial charge in [0.05, 0.1) is 17.8 Å². The van der Waals surface area contributed by atoms with E-state index in [0.717, 1.165) is 16.7 Å². The second-order valence-corrected chi connectivity index (χ2v) is 4.56. The van der Waals surface area contributed by atoms with Gasteiger partial charge in [0.15, 0.2) is 0 Å². The van der Waals surface area contributed by atoms with Gasteiger partial charge in [0.2, 0.25) is 0 Å². The van der Waals surface area contributed by atoms with Gasteiger partial charge in [-0.2, -0.15) is 5.10 Å². The molecule has 0 aliphatic rings. The van der Waals surface area contributed by atoms with Crippen molar-refractivity contribution in [3.8, 4) is 17.0 Å². The van der Waals surface area contributed by atoms with Crippen molar-refractivity contribution in [2.45, 2.75) is 13.8 Å². The van der Waals surface area contributed by atoms with Crippen molar-refractivity contribution in [2.24, 2.45) is 0 Å². The fraction of sp³-hybridized carbons (Fsp3) is 0.231. The first-order valence-electron chi connectivity index (χ1n) is 5.58. The van der Waals surface area contributed by atoms with Crippen LogP contribution in [-0.4, -0.2) is 28.4 Å². The molecule has 0 aliphatic carbocycles. The van der Waals surface area contributed by atoms with Gasteiger partial charge in [-0.05, 0) is 37.1 Å². The van der Waals surface area contributed by atoms with Crippen LogP contribution < -0.4 is 4.74 Å². The SMILES string of the molecule is COc1cc(C)c(-c2cc(C(=O)O)[nH]n2)c(C)c1Cl. The number of carboxylic acid groups (broad SMARTS) is 1. The lowest BCUT2D eigenvalue weighted by Gasteiger charge is -2.12. The maximum absolute atomic E-state index is 10.9. The summed E-state index contributed by atoms with van der Waals surface area (Å²) in [6.45, 7) is 3.75. The molecule has 2 aromatic rings. The Morgan fingerprint density at radius 1 is 1.42 bits per heavy atom. The first kappa shape index (κ1) is 13.4. The maximum Gasteiger partial charge on any atom is 0.353 e. The van der Waals surface area contributed by atoms with Crippen molar-refractivity contribution in [1.29, 1.82) is 0 Å². The van der Waals surface area contributed by atoms with E-state index < -0.39 is 5.97 Å². The number of nitrogens with zero attached hydrogens (tertiary/aromatic N) is 1. The van der Waals surface area contributed by atoms with E-state index in [1.54, 1.807) is 13.2 Å². The summed E-state index contributed by atoms with van der Waals surface area (Å²) in [5.41, 5.74) is 3.14.